The third-order valence-corrected chi connectivity index (χ3v) is 2.79. The fourth-order valence-electron chi connectivity index (χ4n) is 1.06. The molecule has 0 saturated carbocycles. The Hall–Kier alpha value is -0.470. The highest BCUT2D eigenvalue weighted by atomic mass is 32.2. The van der Waals surface area contributed by atoms with Crippen LogP contribution in [-0.2, 0) is 0 Å². The van der Waals surface area contributed by atoms with Crippen LogP contribution in [0.4, 0.5) is 0 Å². The minimum Gasteiger partial charge on any atom is -0.313 e. The van der Waals surface area contributed by atoms with Gasteiger partial charge in [-0.3, -0.25) is 0 Å². The van der Waals surface area contributed by atoms with E-state index >= 15 is 0 Å². The largest absolute Gasteiger partial charge is 0.313 e. The molecule has 0 aliphatic heterocycles. The number of nitrogens with one attached hydrogen (secondary N) is 1. The topological polar surface area (TPSA) is 12.0 Å². The van der Waals surface area contributed by atoms with Gasteiger partial charge in [0.05, 0.1) is 0 Å². The van der Waals surface area contributed by atoms with Crippen LogP contribution < -0.4 is 5.32 Å². The Morgan fingerprint density at radius 3 is 2.25 bits per heavy atom. The van der Waals surface area contributed by atoms with Gasteiger partial charge in [-0.1, -0.05) is 12.1 Å². The molecule has 0 aliphatic rings. The number of benzene rings is 1. The van der Waals surface area contributed by atoms with Crippen LogP contribution in [0.25, 0.3) is 0 Å². The molecule has 0 aliphatic carbocycles. The van der Waals surface area contributed by atoms with E-state index in [9.17, 15) is 0 Å². The van der Waals surface area contributed by atoms with Crippen molar-refractivity contribution in [1.82, 2.24) is 5.32 Å². The highest BCUT2D eigenvalue weighted by Gasteiger charge is 2.00. The highest BCUT2D eigenvalue weighted by molar-refractivity contribution is 7.98. The first-order chi connectivity index (χ1) is 5.77. The van der Waals surface area contributed by atoms with Crippen LogP contribution in [0.2, 0.25) is 0 Å². The van der Waals surface area contributed by atoms with Gasteiger partial charge in [0.15, 0.2) is 0 Å². The van der Waals surface area contributed by atoms with Crippen molar-refractivity contribution >= 4 is 11.8 Å². The SMILES string of the molecule is CNC(C)c1ccc(SC)cc1. The van der Waals surface area contributed by atoms with Crippen LogP contribution in [0, 0.1) is 0 Å². The molecule has 0 radical (unpaired) electrons. The van der Waals surface area contributed by atoms with Gasteiger partial charge in [-0.2, -0.15) is 0 Å². The van der Waals surface area contributed by atoms with Crippen molar-refractivity contribution in [2.45, 2.75) is 17.9 Å². The zero-order valence-electron chi connectivity index (χ0n) is 7.79. The van der Waals surface area contributed by atoms with E-state index in [2.05, 4.69) is 42.8 Å². The van der Waals surface area contributed by atoms with E-state index in [0.717, 1.165) is 0 Å². The molecular formula is C10H15NS. The molecule has 0 spiro atoms. The van der Waals surface area contributed by atoms with Gasteiger partial charge >= 0.3 is 0 Å². The first-order valence-corrected chi connectivity index (χ1v) is 5.31. The van der Waals surface area contributed by atoms with Gasteiger partial charge in [-0.25, -0.2) is 0 Å². The minimum atomic E-state index is 0.445. The molecule has 1 aromatic rings. The molecule has 0 saturated heterocycles. The van der Waals surface area contributed by atoms with E-state index in [0.29, 0.717) is 6.04 Å². The average molecular weight is 181 g/mol. The molecule has 0 aromatic heterocycles. The summed E-state index contributed by atoms with van der Waals surface area (Å²) in [6, 6.07) is 9.11. The summed E-state index contributed by atoms with van der Waals surface area (Å²) in [4.78, 5) is 1.32. The Balaban J connectivity index is 2.77. The number of thioether (sulfide) groups is 1. The lowest BCUT2D eigenvalue weighted by atomic mass is 10.1. The lowest BCUT2D eigenvalue weighted by molar-refractivity contribution is 0.652. The predicted molar refractivity (Wildman–Crippen MR) is 55.7 cm³/mol. The number of hydrogen-bond donors (Lipinski definition) is 1. The molecule has 1 N–H and O–H groups in total. The number of hydrogen-bond acceptors (Lipinski definition) is 2. The second kappa shape index (κ2) is 4.53. The van der Waals surface area contributed by atoms with Crippen LogP contribution in [-0.4, -0.2) is 13.3 Å². The summed E-state index contributed by atoms with van der Waals surface area (Å²) in [7, 11) is 1.98. The maximum Gasteiger partial charge on any atom is 0.0289 e. The second-order valence-electron chi connectivity index (χ2n) is 2.78. The summed E-state index contributed by atoms with van der Waals surface area (Å²) in [6.07, 6.45) is 2.09. The van der Waals surface area contributed by atoms with Crippen LogP contribution in [0.3, 0.4) is 0 Å². The quantitative estimate of drug-likeness (QED) is 0.720. The molecule has 0 fully saturated rings. The smallest absolute Gasteiger partial charge is 0.0289 e. The van der Waals surface area contributed by atoms with Crippen molar-refractivity contribution in [2.24, 2.45) is 0 Å². The van der Waals surface area contributed by atoms with Crippen molar-refractivity contribution in [3.8, 4) is 0 Å². The van der Waals surface area contributed by atoms with E-state index < -0.39 is 0 Å². The van der Waals surface area contributed by atoms with Crippen LogP contribution in [0.5, 0.6) is 0 Å². The number of rotatable bonds is 3. The summed E-state index contributed by atoms with van der Waals surface area (Å²) >= 11 is 1.78. The lowest BCUT2D eigenvalue weighted by Crippen LogP contribution is -2.11. The summed E-state index contributed by atoms with van der Waals surface area (Å²) in [5, 5.41) is 3.21. The maximum atomic E-state index is 3.21. The van der Waals surface area contributed by atoms with Gasteiger partial charge in [0, 0.05) is 10.9 Å². The molecule has 1 unspecified atom stereocenters. The van der Waals surface area contributed by atoms with Gasteiger partial charge in [0.2, 0.25) is 0 Å². The zero-order chi connectivity index (χ0) is 8.97. The van der Waals surface area contributed by atoms with Crippen molar-refractivity contribution in [3.63, 3.8) is 0 Å². The van der Waals surface area contributed by atoms with Crippen molar-refractivity contribution in [1.29, 1.82) is 0 Å². The molecule has 66 valence electrons. The molecular weight excluding hydrogens is 166 g/mol. The van der Waals surface area contributed by atoms with E-state index in [1.54, 1.807) is 11.8 Å². The Bertz CT molecular complexity index is 230. The average Bonchev–Trinajstić information content (AvgIpc) is 2.17. The van der Waals surface area contributed by atoms with Gasteiger partial charge in [0.1, 0.15) is 0 Å². The van der Waals surface area contributed by atoms with Crippen molar-refractivity contribution in [3.05, 3.63) is 29.8 Å². The standard InChI is InChI=1S/C10H15NS/c1-8(11-2)9-4-6-10(12-3)7-5-9/h4-8,11H,1-3H3. The summed E-state index contributed by atoms with van der Waals surface area (Å²) in [5.74, 6) is 0. The van der Waals surface area contributed by atoms with Gasteiger partial charge < -0.3 is 5.32 Å². The first-order valence-electron chi connectivity index (χ1n) is 4.09. The fourth-order valence-corrected chi connectivity index (χ4v) is 1.47. The molecule has 1 nitrogen and oxygen atoms in total. The first kappa shape index (κ1) is 9.62. The van der Waals surface area contributed by atoms with Gasteiger partial charge in [-0.15, -0.1) is 11.8 Å². The van der Waals surface area contributed by atoms with Crippen molar-refractivity contribution < 1.29 is 0 Å². The minimum absolute atomic E-state index is 0.445. The molecule has 12 heavy (non-hydrogen) atoms. The molecule has 0 bridgehead atoms. The third kappa shape index (κ3) is 2.26. The van der Waals surface area contributed by atoms with Crippen LogP contribution in [0.1, 0.15) is 18.5 Å². The highest BCUT2D eigenvalue weighted by Crippen LogP contribution is 2.18. The van der Waals surface area contributed by atoms with Gasteiger partial charge in [-0.05, 0) is 37.9 Å². The Kier molecular flexibility index (Phi) is 3.63. The predicted octanol–water partition coefficient (Wildman–Crippen LogP) is 2.69. The Morgan fingerprint density at radius 1 is 1.25 bits per heavy atom. The molecule has 1 atom stereocenters. The normalized spacial score (nSPS) is 12.9. The summed E-state index contributed by atoms with van der Waals surface area (Å²) in [5.41, 5.74) is 1.34. The van der Waals surface area contributed by atoms with Crippen LogP contribution >= 0.6 is 11.8 Å². The monoisotopic (exact) mass is 181 g/mol. The zero-order valence-corrected chi connectivity index (χ0v) is 8.61. The lowest BCUT2D eigenvalue weighted by Gasteiger charge is -2.10. The second-order valence-corrected chi connectivity index (χ2v) is 3.66. The fraction of sp³-hybridized carbons (Fsp3) is 0.400. The summed E-state index contributed by atoms with van der Waals surface area (Å²) in [6.45, 7) is 2.16. The van der Waals surface area contributed by atoms with Crippen molar-refractivity contribution in [2.75, 3.05) is 13.3 Å². The van der Waals surface area contributed by atoms with E-state index in [1.165, 1.54) is 10.5 Å². The van der Waals surface area contributed by atoms with Crippen LogP contribution in [0.15, 0.2) is 29.2 Å². The molecule has 0 amide bonds. The summed E-state index contributed by atoms with van der Waals surface area (Å²) < 4.78 is 0. The van der Waals surface area contributed by atoms with E-state index in [1.807, 2.05) is 7.05 Å². The third-order valence-electron chi connectivity index (χ3n) is 2.05. The molecule has 1 rings (SSSR count). The maximum absolute atomic E-state index is 3.21. The van der Waals surface area contributed by atoms with Gasteiger partial charge in [0.25, 0.3) is 0 Å². The van der Waals surface area contributed by atoms with E-state index in [4.69, 9.17) is 0 Å². The molecule has 2 heteroatoms. The molecule has 1 aromatic carbocycles. The Labute approximate surface area is 78.6 Å². The van der Waals surface area contributed by atoms with E-state index in [-0.39, 0.29) is 0 Å². The Morgan fingerprint density at radius 2 is 1.83 bits per heavy atom. The molecule has 0 heterocycles.